The number of nitrogens with zero attached hydrogens (tertiary/aromatic N) is 2. The van der Waals surface area contributed by atoms with Crippen molar-refractivity contribution in [2.45, 2.75) is 17.9 Å². The maximum atomic E-state index is 11.2. The van der Waals surface area contributed by atoms with Crippen LogP contribution in [0.2, 0.25) is 0 Å². The van der Waals surface area contributed by atoms with E-state index < -0.39 is 10.0 Å². The summed E-state index contributed by atoms with van der Waals surface area (Å²) in [5, 5.41) is 5.07. The zero-order valence-corrected chi connectivity index (χ0v) is 12.2. The first-order chi connectivity index (χ1) is 9.95. The fourth-order valence-electron chi connectivity index (χ4n) is 2.56. The van der Waals surface area contributed by atoms with Crippen LogP contribution in [0.5, 0.6) is 0 Å². The minimum absolute atomic E-state index is 0.0212. The van der Waals surface area contributed by atoms with Crippen LogP contribution < -0.4 is 15.8 Å². The molecule has 2 aromatic rings. The Morgan fingerprint density at radius 1 is 1.19 bits per heavy atom. The molecule has 0 amide bonds. The van der Waals surface area contributed by atoms with Crippen molar-refractivity contribution < 1.29 is 8.42 Å². The van der Waals surface area contributed by atoms with Gasteiger partial charge in [0.25, 0.3) is 0 Å². The minimum atomic E-state index is -3.70. The molecule has 0 radical (unpaired) electrons. The van der Waals surface area contributed by atoms with Crippen molar-refractivity contribution in [3.8, 4) is 0 Å². The van der Waals surface area contributed by atoms with Crippen LogP contribution in [0.1, 0.15) is 11.1 Å². The molecule has 0 aliphatic carbocycles. The molecule has 0 bridgehead atoms. The lowest BCUT2D eigenvalue weighted by atomic mass is 9.98. The molecule has 0 spiro atoms. The summed E-state index contributed by atoms with van der Waals surface area (Å²) in [6.07, 6.45) is 2.14. The second-order valence-corrected chi connectivity index (χ2v) is 6.62. The van der Waals surface area contributed by atoms with Crippen molar-refractivity contribution in [1.29, 1.82) is 0 Å². The number of fused-ring (bicyclic) bond motifs is 1. The van der Waals surface area contributed by atoms with Gasteiger partial charge in [-0.2, -0.15) is 0 Å². The second-order valence-electron chi connectivity index (χ2n) is 5.05. The van der Waals surface area contributed by atoms with Gasteiger partial charge >= 0.3 is 0 Å². The molecule has 21 heavy (non-hydrogen) atoms. The molecule has 0 fully saturated rings. The summed E-state index contributed by atoms with van der Waals surface area (Å²) in [5.41, 5.74) is 9.17. The second kappa shape index (κ2) is 5.01. The zero-order valence-electron chi connectivity index (χ0n) is 11.4. The molecule has 1 aliphatic heterocycles. The molecule has 4 N–H and O–H groups in total. The molecule has 0 saturated heterocycles. The lowest BCUT2D eigenvalue weighted by molar-refractivity contribution is 0.597. The standard InChI is InChI=1S/C14H16N4O2S/c15-13-3-1-2-10-9-18(7-6-12(10)13)14-5-4-11(8-17-14)21(16,19)20/h1-5,8H,6-7,9,15H2,(H2,16,19,20). The third-order valence-electron chi connectivity index (χ3n) is 3.68. The number of sulfonamides is 1. The molecule has 3 rings (SSSR count). The number of rotatable bonds is 2. The predicted octanol–water partition coefficient (Wildman–Crippen LogP) is 0.874. The third kappa shape index (κ3) is 2.70. The summed E-state index contributed by atoms with van der Waals surface area (Å²) in [6.45, 7) is 1.50. The van der Waals surface area contributed by atoms with Crippen LogP contribution in [0.15, 0.2) is 41.4 Å². The van der Waals surface area contributed by atoms with E-state index in [1.807, 2.05) is 12.1 Å². The Morgan fingerprint density at radius 2 is 2.00 bits per heavy atom. The lowest BCUT2D eigenvalue weighted by Crippen LogP contribution is -2.31. The number of aromatic nitrogens is 1. The Kier molecular flexibility index (Phi) is 3.30. The zero-order chi connectivity index (χ0) is 15.0. The van der Waals surface area contributed by atoms with Crippen LogP contribution in [-0.2, 0) is 23.0 Å². The van der Waals surface area contributed by atoms with Gasteiger partial charge in [-0.3, -0.25) is 0 Å². The van der Waals surface area contributed by atoms with E-state index in [0.29, 0.717) is 6.54 Å². The van der Waals surface area contributed by atoms with Crippen LogP contribution in [0.4, 0.5) is 11.5 Å². The first-order valence-electron chi connectivity index (χ1n) is 6.55. The van der Waals surface area contributed by atoms with E-state index in [2.05, 4.69) is 16.0 Å². The Morgan fingerprint density at radius 3 is 2.67 bits per heavy atom. The highest BCUT2D eigenvalue weighted by molar-refractivity contribution is 7.89. The number of nitrogen functional groups attached to an aromatic ring is 1. The fraction of sp³-hybridized carbons (Fsp3) is 0.214. The van der Waals surface area contributed by atoms with Gasteiger partial charge < -0.3 is 10.6 Å². The topological polar surface area (TPSA) is 102 Å². The quantitative estimate of drug-likeness (QED) is 0.802. The number of nitrogens with two attached hydrogens (primary N) is 2. The van der Waals surface area contributed by atoms with Gasteiger partial charge in [-0.15, -0.1) is 0 Å². The highest BCUT2D eigenvalue weighted by Crippen LogP contribution is 2.26. The predicted molar refractivity (Wildman–Crippen MR) is 81.2 cm³/mol. The van der Waals surface area contributed by atoms with Gasteiger partial charge in [-0.25, -0.2) is 18.5 Å². The summed E-state index contributed by atoms with van der Waals surface area (Å²) in [4.78, 5) is 6.31. The molecule has 1 aromatic heterocycles. The number of benzene rings is 1. The maximum Gasteiger partial charge on any atom is 0.239 e. The smallest absolute Gasteiger partial charge is 0.239 e. The van der Waals surface area contributed by atoms with Crippen molar-refractivity contribution in [2.24, 2.45) is 5.14 Å². The van der Waals surface area contributed by atoms with Gasteiger partial charge in [0.05, 0.1) is 0 Å². The summed E-state index contributed by atoms with van der Waals surface area (Å²) in [6, 6.07) is 9.06. The molecular formula is C14H16N4O2S. The fourth-order valence-corrected chi connectivity index (χ4v) is 3.02. The normalized spacial score (nSPS) is 14.8. The minimum Gasteiger partial charge on any atom is -0.398 e. The van der Waals surface area contributed by atoms with Gasteiger partial charge in [0.1, 0.15) is 10.7 Å². The molecule has 2 heterocycles. The summed E-state index contributed by atoms with van der Waals surface area (Å²) >= 11 is 0. The van der Waals surface area contributed by atoms with Gasteiger partial charge in [0.15, 0.2) is 0 Å². The average Bonchev–Trinajstić information content (AvgIpc) is 2.46. The number of hydrogen-bond donors (Lipinski definition) is 2. The monoisotopic (exact) mass is 304 g/mol. The van der Waals surface area contributed by atoms with E-state index in [0.717, 1.165) is 24.5 Å². The number of hydrogen-bond acceptors (Lipinski definition) is 5. The van der Waals surface area contributed by atoms with E-state index in [-0.39, 0.29) is 4.90 Å². The van der Waals surface area contributed by atoms with E-state index in [4.69, 9.17) is 10.9 Å². The number of primary sulfonamides is 1. The lowest BCUT2D eigenvalue weighted by Gasteiger charge is -2.30. The summed E-state index contributed by atoms with van der Waals surface area (Å²) in [5.74, 6) is 0.732. The van der Waals surface area contributed by atoms with E-state index >= 15 is 0 Å². The largest absolute Gasteiger partial charge is 0.398 e. The van der Waals surface area contributed by atoms with Crippen molar-refractivity contribution in [3.63, 3.8) is 0 Å². The molecule has 0 atom stereocenters. The highest BCUT2D eigenvalue weighted by Gasteiger charge is 2.19. The molecular weight excluding hydrogens is 288 g/mol. The van der Waals surface area contributed by atoms with Crippen molar-refractivity contribution in [2.75, 3.05) is 17.2 Å². The van der Waals surface area contributed by atoms with Crippen molar-refractivity contribution >= 4 is 21.5 Å². The van der Waals surface area contributed by atoms with Crippen molar-refractivity contribution in [3.05, 3.63) is 47.7 Å². The third-order valence-corrected chi connectivity index (χ3v) is 4.57. The van der Waals surface area contributed by atoms with Crippen LogP contribution in [-0.4, -0.2) is 19.9 Å². The van der Waals surface area contributed by atoms with Crippen LogP contribution in [0.25, 0.3) is 0 Å². The summed E-state index contributed by atoms with van der Waals surface area (Å²) in [7, 11) is -3.70. The molecule has 6 nitrogen and oxygen atoms in total. The van der Waals surface area contributed by atoms with Crippen LogP contribution in [0.3, 0.4) is 0 Å². The van der Waals surface area contributed by atoms with Crippen LogP contribution >= 0.6 is 0 Å². The Hall–Kier alpha value is -2.12. The Bertz CT molecular complexity index is 772. The molecule has 1 aliphatic rings. The number of anilines is 2. The summed E-state index contributed by atoms with van der Waals surface area (Å²) < 4.78 is 22.5. The van der Waals surface area contributed by atoms with E-state index in [1.54, 1.807) is 6.07 Å². The van der Waals surface area contributed by atoms with Crippen molar-refractivity contribution in [1.82, 2.24) is 4.98 Å². The molecule has 0 unspecified atom stereocenters. The Labute approximate surface area is 123 Å². The first kappa shape index (κ1) is 13.8. The molecule has 7 heteroatoms. The Balaban J connectivity index is 1.86. The average molecular weight is 304 g/mol. The van der Waals surface area contributed by atoms with E-state index in [1.165, 1.54) is 23.4 Å². The first-order valence-corrected chi connectivity index (χ1v) is 8.10. The van der Waals surface area contributed by atoms with Gasteiger partial charge in [0.2, 0.25) is 10.0 Å². The maximum absolute atomic E-state index is 11.2. The SMILES string of the molecule is Nc1cccc2c1CCN(c1ccc(S(N)(=O)=O)cn1)C2. The molecule has 0 saturated carbocycles. The van der Waals surface area contributed by atoms with E-state index in [9.17, 15) is 8.42 Å². The molecule has 1 aromatic carbocycles. The van der Waals surface area contributed by atoms with Gasteiger partial charge in [-0.1, -0.05) is 12.1 Å². The van der Waals surface area contributed by atoms with Gasteiger partial charge in [-0.05, 0) is 35.7 Å². The number of pyridine rings is 1. The van der Waals surface area contributed by atoms with Crippen LogP contribution in [0, 0.1) is 0 Å². The molecule has 110 valence electrons. The van der Waals surface area contributed by atoms with Gasteiger partial charge in [0, 0.05) is 25.0 Å². The highest BCUT2D eigenvalue weighted by atomic mass is 32.2.